The van der Waals surface area contributed by atoms with E-state index in [0.29, 0.717) is 31.1 Å². The SMILES string of the molecule is COc1cccc(CNC[C@@]23CNC[C@]2(C(F)(F)F)C3)c1OC. The van der Waals surface area contributed by atoms with Crippen molar-refractivity contribution in [1.82, 2.24) is 10.6 Å². The van der Waals surface area contributed by atoms with Crippen LogP contribution in [0.3, 0.4) is 0 Å². The molecular formula is C16H21F3N2O2. The fourth-order valence-corrected chi connectivity index (χ4v) is 3.85. The third-order valence-electron chi connectivity index (χ3n) is 5.23. The van der Waals surface area contributed by atoms with Gasteiger partial charge in [-0.3, -0.25) is 0 Å². The quantitative estimate of drug-likeness (QED) is 0.840. The van der Waals surface area contributed by atoms with Gasteiger partial charge in [-0.2, -0.15) is 13.2 Å². The molecule has 23 heavy (non-hydrogen) atoms. The molecule has 1 heterocycles. The molecule has 2 atom stereocenters. The molecule has 1 saturated carbocycles. The minimum Gasteiger partial charge on any atom is -0.493 e. The molecule has 1 aromatic rings. The summed E-state index contributed by atoms with van der Waals surface area (Å²) < 4.78 is 50.5. The highest BCUT2D eigenvalue weighted by Gasteiger charge is 2.81. The predicted octanol–water partition coefficient (Wildman–Crippen LogP) is 2.34. The van der Waals surface area contributed by atoms with Gasteiger partial charge in [-0.25, -0.2) is 0 Å². The first-order valence-corrected chi connectivity index (χ1v) is 7.57. The molecule has 1 saturated heterocycles. The van der Waals surface area contributed by atoms with Crippen molar-refractivity contribution in [2.24, 2.45) is 10.8 Å². The number of halogens is 3. The summed E-state index contributed by atoms with van der Waals surface area (Å²) >= 11 is 0. The molecule has 0 amide bonds. The predicted molar refractivity (Wildman–Crippen MR) is 79.7 cm³/mol. The van der Waals surface area contributed by atoms with E-state index in [9.17, 15) is 13.2 Å². The van der Waals surface area contributed by atoms with Crippen molar-refractivity contribution in [3.8, 4) is 11.5 Å². The standard InChI is InChI=1S/C16H21F3N2O2/c1-22-12-5-3-4-11(13(12)23-2)6-20-8-14-7-15(14,10-21-9-14)16(17,18)19/h3-5,20-21H,6-10H2,1-2H3/t14-,15+/m0/s1. The van der Waals surface area contributed by atoms with E-state index in [0.717, 1.165) is 5.56 Å². The highest BCUT2D eigenvalue weighted by molar-refractivity contribution is 5.46. The average molecular weight is 330 g/mol. The van der Waals surface area contributed by atoms with Crippen LogP contribution in [0.4, 0.5) is 13.2 Å². The van der Waals surface area contributed by atoms with Gasteiger partial charge in [-0.05, 0) is 12.5 Å². The van der Waals surface area contributed by atoms with E-state index in [4.69, 9.17) is 9.47 Å². The first-order valence-electron chi connectivity index (χ1n) is 7.57. The van der Waals surface area contributed by atoms with Crippen LogP contribution in [0, 0.1) is 10.8 Å². The molecule has 3 rings (SSSR count). The van der Waals surface area contributed by atoms with Crippen molar-refractivity contribution >= 4 is 0 Å². The van der Waals surface area contributed by atoms with Gasteiger partial charge in [0.15, 0.2) is 11.5 Å². The van der Waals surface area contributed by atoms with Gasteiger partial charge in [0.25, 0.3) is 0 Å². The number of rotatable bonds is 6. The molecule has 128 valence electrons. The zero-order valence-electron chi connectivity index (χ0n) is 13.2. The minimum absolute atomic E-state index is 0.0284. The number of fused-ring (bicyclic) bond motifs is 1. The fourth-order valence-electron chi connectivity index (χ4n) is 3.85. The smallest absolute Gasteiger partial charge is 0.396 e. The summed E-state index contributed by atoms with van der Waals surface area (Å²) in [5.41, 5.74) is -1.39. The molecule has 0 unspecified atom stereocenters. The maximum Gasteiger partial charge on any atom is 0.396 e. The largest absolute Gasteiger partial charge is 0.493 e. The minimum atomic E-state index is -4.15. The van der Waals surface area contributed by atoms with Crippen LogP contribution in [0.1, 0.15) is 12.0 Å². The molecule has 0 bridgehead atoms. The third kappa shape index (κ3) is 2.46. The first-order chi connectivity index (χ1) is 10.9. The zero-order chi connectivity index (χ0) is 16.7. The normalized spacial score (nSPS) is 29.3. The third-order valence-corrected chi connectivity index (χ3v) is 5.23. The number of ether oxygens (including phenoxy) is 2. The van der Waals surface area contributed by atoms with Crippen molar-refractivity contribution in [2.45, 2.75) is 19.1 Å². The Morgan fingerprint density at radius 1 is 1.22 bits per heavy atom. The Balaban J connectivity index is 1.65. The van der Waals surface area contributed by atoms with E-state index in [1.54, 1.807) is 20.3 Å². The highest BCUT2D eigenvalue weighted by Crippen LogP contribution is 2.72. The molecule has 0 spiro atoms. The number of alkyl halides is 3. The van der Waals surface area contributed by atoms with E-state index in [2.05, 4.69) is 10.6 Å². The summed E-state index contributed by atoms with van der Waals surface area (Å²) in [5, 5.41) is 6.07. The molecule has 1 aliphatic heterocycles. The molecule has 0 aromatic heterocycles. The lowest BCUT2D eigenvalue weighted by atomic mass is 9.95. The van der Waals surface area contributed by atoms with Gasteiger partial charge in [0.05, 0.1) is 19.6 Å². The Kier molecular flexibility index (Phi) is 3.96. The molecule has 1 aliphatic carbocycles. The molecule has 2 aliphatic rings. The second kappa shape index (κ2) is 5.56. The van der Waals surface area contributed by atoms with Crippen molar-refractivity contribution in [2.75, 3.05) is 33.9 Å². The van der Waals surface area contributed by atoms with Gasteiger partial charge in [0, 0.05) is 37.2 Å². The van der Waals surface area contributed by atoms with E-state index < -0.39 is 17.0 Å². The van der Waals surface area contributed by atoms with Gasteiger partial charge in [-0.15, -0.1) is 0 Å². The van der Waals surface area contributed by atoms with Gasteiger partial charge in [0.1, 0.15) is 0 Å². The average Bonchev–Trinajstić information content (AvgIpc) is 3.03. The summed E-state index contributed by atoms with van der Waals surface area (Å²) in [7, 11) is 3.11. The maximum absolute atomic E-state index is 13.3. The molecule has 0 radical (unpaired) electrons. The molecule has 4 nitrogen and oxygen atoms in total. The van der Waals surface area contributed by atoms with Crippen LogP contribution in [0.5, 0.6) is 11.5 Å². The number of nitrogens with one attached hydrogen (secondary N) is 2. The molecule has 2 N–H and O–H groups in total. The Morgan fingerprint density at radius 3 is 2.61 bits per heavy atom. The summed E-state index contributed by atoms with van der Waals surface area (Å²) in [5.74, 6) is 1.23. The van der Waals surface area contributed by atoms with Crippen LogP contribution in [0.15, 0.2) is 18.2 Å². The second-order valence-corrected chi connectivity index (χ2v) is 6.40. The number of hydrogen-bond donors (Lipinski definition) is 2. The summed E-state index contributed by atoms with van der Waals surface area (Å²) in [4.78, 5) is 0. The number of piperidine rings is 1. The van der Waals surface area contributed by atoms with E-state index >= 15 is 0 Å². The van der Waals surface area contributed by atoms with Gasteiger partial charge < -0.3 is 20.1 Å². The highest BCUT2D eigenvalue weighted by atomic mass is 19.4. The zero-order valence-corrected chi connectivity index (χ0v) is 13.2. The number of hydrogen-bond acceptors (Lipinski definition) is 4. The van der Waals surface area contributed by atoms with Crippen LogP contribution >= 0.6 is 0 Å². The van der Waals surface area contributed by atoms with E-state index in [1.165, 1.54) is 0 Å². The topological polar surface area (TPSA) is 42.5 Å². The number of para-hydroxylation sites is 1. The molecular weight excluding hydrogens is 309 g/mol. The van der Waals surface area contributed by atoms with Crippen LogP contribution in [-0.4, -0.2) is 40.0 Å². The van der Waals surface area contributed by atoms with Crippen LogP contribution in [-0.2, 0) is 6.54 Å². The van der Waals surface area contributed by atoms with Crippen molar-refractivity contribution in [3.63, 3.8) is 0 Å². The lowest BCUT2D eigenvalue weighted by Gasteiger charge is -2.21. The van der Waals surface area contributed by atoms with Crippen LogP contribution in [0.25, 0.3) is 0 Å². The van der Waals surface area contributed by atoms with E-state index in [-0.39, 0.29) is 13.0 Å². The van der Waals surface area contributed by atoms with Crippen LogP contribution < -0.4 is 20.1 Å². The lowest BCUT2D eigenvalue weighted by Crippen LogP contribution is -2.35. The fraction of sp³-hybridized carbons (Fsp3) is 0.625. The Labute approximate surface area is 133 Å². The van der Waals surface area contributed by atoms with E-state index in [1.807, 2.05) is 12.1 Å². The lowest BCUT2D eigenvalue weighted by molar-refractivity contribution is -0.190. The summed E-state index contributed by atoms with van der Waals surface area (Å²) in [6, 6.07) is 5.51. The maximum atomic E-state index is 13.3. The van der Waals surface area contributed by atoms with Gasteiger partial charge in [-0.1, -0.05) is 12.1 Å². The van der Waals surface area contributed by atoms with Crippen molar-refractivity contribution in [3.05, 3.63) is 23.8 Å². The van der Waals surface area contributed by atoms with Crippen molar-refractivity contribution in [1.29, 1.82) is 0 Å². The number of benzene rings is 1. The van der Waals surface area contributed by atoms with Crippen molar-refractivity contribution < 1.29 is 22.6 Å². The monoisotopic (exact) mass is 330 g/mol. The molecule has 1 aromatic carbocycles. The number of methoxy groups -OCH3 is 2. The van der Waals surface area contributed by atoms with Gasteiger partial charge >= 0.3 is 6.18 Å². The first kappa shape index (κ1) is 16.4. The Bertz CT molecular complexity index is 593. The Hall–Kier alpha value is -1.47. The van der Waals surface area contributed by atoms with Crippen LogP contribution in [0.2, 0.25) is 0 Å². The second-order valence-electron chi connectivity index (χ2n) is 6.40. The summed E-state index contributed by atoms with van der Waals surface area (Å²) in [6.45, 7) is 1.21. The van der Waals surface area contributed by atoms with Gasteiger partial charge in [0.2, 0.25) is 0 Å². The Morgan fingerprint density at radius 2 is 2.00 bits per heavy atom. The molecule has 2 fully saturated rings. The molecule has 7 heteroatoms. The summed E-state index contributed by atoms with van der Waals surface area (Å²) in [6.07, 6.45) is -3.94.